The van der Waals surface area contributed by atoms with Crippen molar-refractivity contribution >= 4 is 9.84 Å². The van der Waals surface area contributed by atoms with Crippen LogP contribution in [-0.2, 0) is 21.7 Å². The van der Waals surface area contributed by atoms with E-state index in [0.717, 1.165) is 36.0 Å². The summed E-state index contributed by atoms with van der Waals surface area (Å²) < 4.78 is 57.2. The van der Waals surface area contributed by atoms with Gasteiger partial charge in [0.25, 0.3) is 0 Å². The number of aryl methyl sites for hydroxylation is 1. The molecule has 1 saturated carbocycles. The van der Waals surface area contributed by atoms with Crippen molar-refractivity contribution in [1.29, 1.82) is 0 Å². The second kappa shape index (κ2) is 8.42. The molecule has 3 aromatic heterocycles. The fraction of sp³-hybridized carbons (Fsp3) is 0.385. The molecule has 2 atom stereocenters. The quantitative estimate of drug-likeness (QED) is 0.357. The number of halogens is 2. The predicted octanol–water partition coefficient (Wildman–Crippen LogP) is 4.05. The number of rotatable bonds is 6. The summed E-state index contributed by atoms with van der Waals surface area (Å²) in [5.74, 6) is -0.800. The van der Waals surface area contributed by atoms with Crippen molar-refractivity contribution in [2.75, 3.05) is 12.0 Å². The molecule has 9 nitrogen and oxygen atoms in total. The van der Waals surface area contributed by atoms with E-state index in [1.54, 1.807) is 12.3 Å². The Morgan fingerprint density at radius 2 is 1.84 bits per heavy atom. The van der Waals surface area contributed by atoms with Crippen LogP contribution in [0.3, 0.4) is 0 Å². The van der Waals surface area contributed by atoms with Crippen LogP contribution in [0.1, 0.15) is 55.4 Å². The maximum Gasteiger partial charge on any atom is 0.240 e. The second-order valence-electron chi connectivity index (χ2n) is 10.5. The first-order chi connectivity index (χ1) is 18.0. The van der Waals surface area contributed by atoms with E-state index in [1.165, 1.54) is 18.2 Å². The number of hydrogen-bond acceptors (Lipinski definition) is 9. The molecular weight excluding hydrogens is 514 g/mol. The molecule has 0 unspecified atom stereocenters. The number of aromatic nitrogens is 6. The van der Waals surface area contributed by atoms with Crippen LogP contribution in [0.5, 0.6) is 0 Å². The van der Waals surface area contributed by atoms with Gasteiger partial charge in [-0.1, -0.05) is 25.1 Å². The molecule has 2 bridgehead atoms. The first kappa shape index (κ1) is 24.7. The lowest BCUT2D eigenvalue weighted by atomic mass is 9.66. The summed E-state index contributed by atoms with van der Waals surface area (Å²) in [6, 6.07) is 7.32. The molecule has 0 N–H and O–H groups in total. The molecule has 4 aromatic rings. The number of fused-ring (bicyclic) bond motifs is 5. The van der Waals surface area contributed by atoms with Crippen molar-refractivity contribution in [3.63, 3.8) is 0 Å². The first-order valence-electron chi connectivity index (χ1n) is 12.2. The van der Waals surface area contributed by atoms with Crippen molar-refractivity contribution in [1.82, 2.24) is 30.3 Å². The second-order valence-corrected chi connectivity index (χ2v) is 12.8. The van der Waals surface area contributed by atoms with E-state index < -0.39 is 26.9 Å². The molecule has 0 spiro atoms. The summed E-state index contributed by atoms with van der Waals surface area (Å²) in [5.41, 5.74) is 1.42. The first-order valence-corrected chi connectivity index (χ1v) is 14.2. The maximum atomic E-state index is 14.5. The van der Waals surface area contributed by atoms with E-state index in [2.05, 4.69) is 39.2 Å². The zero-order chi connectivity index (χ0) is 26.9. The predicted molar refractivity (Wildman–Crippen MR) is 133 cm³/mol. The molecule has 0 aliphatic heterocycles. The monoisotopic (exact) mass is 538 g/mol. The molecule has 0 amide bonds. The van der Waals surface area contributed by atoms with Crippen LogP contribution in [0.25, 0.3) is 22.9 Å². The van der Waals surface area contributed by atoms with Gasteiger partial charge in [-0.15, -0.1) is 5.10 Å². The largest absolute Gasteiger partial charge is 0.339 e. The Bertz CT molecular complexity index is 1670. The van der Waals surface area contributed by atoms with Crippen molar-refractivity contribution < 1.29 is 21.7 Å². The summed E-state index contributed by atoms with van der Waals surface area (Å²) >= 11 is 0. The molecule has 196 valence electrons. The molecule has 1 fully saturated rings. The van der Waals surface area contributed by atoms with E-state index >= 15 is 0 Å². The van der Waals surface area contributed by atoms with Crippen molar-refractivity contribution in [3.05, 3.63) is 71.0 Å². The van der Waals surface area contributed by atoms with Gasteiger partial charge in [0, 0.05) is 18.9 Å². The molecule has 2 aliphatic carbocycles. The topological polar surface area (TPSA) is 125 Å². The highest BCUT2D eigenvalue weighted by Gasteiger charge is 2.65. The van der Waals surface area contributed by atoms with Gasteiger partial charge in [-0.05, 0) is 54.0 Å². The molecule has 12 heteroatoms. The average molecular weight is 539 g/mol. The van der Waals surface area contributed by atoms with Crippen LogP contribution in [0, 0.1) is 17.0 Å². The van der Waals surface area contributed by atoms with E-state index in [1.807, 2.05) is 6.07 Å². The number of hydrogen-bond donors (Lipinski definition) is 0. The van der Waals surface area contributed by atoms with Crippen LogP contribution in [0.4, 0.5) is 8.78 Å². The van der Waals surface area contributed by atoms with Crippen molar-refractivity contribution in [2.45, 2.75) is 44.4 Å². The fourth-order valence-electron chi connectivity index (χ4n) is 6.18. The third-order valence-electron chi connectivity index (χ3n) is 8.05. The van der Waals surface area contributed by atoms with E-state index in [-0.39, 0.29) is 52.3 Å². The van der Waals surface area contributed by atoms with Gasteiger partial charge in [0.05, 0.1) is 33.8 Å². The van der Waals surface area contributed by atoms with Crippen LogP contribution in [0.15, 0.2) is 41.1 Å². The minimum Gasteiger partial charge on any atom is -0.339 e. The fourth-order valence-corrected chi connectivity index (χ4v) is 6.73. The minimum absolute atomic E-state index is 0.0905. The third-order valence-corrected chi connectivity index (χ3v) is 8.99. The van der Waals surface area contributed by atoms with E-state index in [0.29, 0.717) is 0 Å². The van der Waals surface area contributed by atoms with Gasteiger partial charge in [-0.3, -0.25) is 0 Å². The zero-order valence-electron chi connectivity index (χ0n) is 20.9. The Morgan fingerprint density at radius 1 is 1.08 bits per heavy atom. The van der Waals surface area contributed by atoms with Gasteiger partial charge in [0.1, 0.15) is 21.5 Å². The van der Waals surface area contributed by atoms with Crippen LogP contribution in [0.2, 0.25) is 0 Å². The van der Waals surface area contributed by atoms with E-state index in [4.69, 9.17) is 9.51 Å². The molecule has 2 aliphatic rings. The highest BCUT2D eigenvalue weighted by atomic mass is 32.2. The highest BCUT2D eigenvalue weighted by Crippen LogP contribution is 2.69. The number of benzene rings is 1. The smallest absolute Gasteiger partial charge is 0.240 e. The molecule has 0 radical (unpaired) electrons. The van der Waals surface area contributed by atoms with Gasteiger partial charge >= 0.3 is 0 Å². The Kier molecular flexibility index (Phi) is 5.46. The Labute approximate surface area is 217 Å². The van der Waals surface area contributed by atoms with Crippen LogP contribution < -0.4 is 0 Å². The van der Waals surface area contributed by atoms with Gasteiger partial charge in [-0.2, -0.15) is 10.1 Å². The summed E-state index contributed by atoms with van der Waals surface area (Å²) in [6.07, 6.45) is 4.48. The normalized spacial score (nSPS) is 21.6. The number of sulfone groups is 1. The highest BCUT2D eigenvalue weighted by molar-refractivity contribution is 7.90. The Balaban J connectivity index is 1.41. The van der Waals surface area contributed by atoms with Crippen LogP contribution in [-0.4, -0.2) is 50.7 Å². The average Bonchev–Trinajstić information content (AvgIpc) is 3.50. The van der Waals surface area contributed by atoms with Gasteiger partial charge in [-0.25, -0.2) is 27.2 Å². The third kappa shape index (κ3) is 3.64. The van der Waals surface area contributed by atoms with Crippen molar-refractivity contribution in [2.24, 2.45) is 5.41 Å². The summed E-state index contributed by atoms with van der Waals surface area (Å²) in [5, 5.41) is 12.8. The standard InChI is InChI=1S/C26H24F2N6O3S/c1-25(2)15-7-10-26(25,22-14(15)13-18(32-33-22)21-16(27)5-4-6-17(21)28)19-8-11-29-23(30-19)24-31-20(37-34-24)9-12-38(3,35)36/h4-6,8,11,13,15H,7,9-10,12H2,1-3H3/t15-,26+/m0/s1. The van der Waals surface area contributed by atoms with Gasteiger partial charge in [0.2, 0.25) is 17.5 Å². The molecule has 38 heavy (non-hydrogen) atoms. The summed E-state index contributed by atoms with van der Waals surface area (Å²) in [7, 11) is -3.18. The Morgan fingerprint density at radius 3 is 2.58 bits per heavy atom. The molecule has 0 saturated heterocycles. The Hall–Kier alpha value is -3.67. The lowest BCUT2D eigenvalue weighted by Crippen LogP contribution is -2.38. The number of nitrogens with zero attached hydrogens (tertiary/aromatic N) is 6. The van der Waals surface area contributed by atoms with Gasteiger partial charge in [0.15, 0.2) is 0 Å². The zero-order valence-corrected chi connectivity index (χ0v) is 21.8. The molecule has 3 heterocycles. The lowest BCUT2D eigenvalue weighted by molar-refractivity contribution is 0.242. The molecule has 6 rings (SSSR count). The lowest BCUT2D eigenvalue weighted by Gasteiger charge is -2.37. The van der Waals surface area contributed by atoms with Gasteiger partial charge < -0.3 is 4.52 Å². The maximum absolute atomic E-state index is 14.5. The van der Waals surface area contributed by atoms with E-state index in [9.17, 15) is 17.2 Å². The summed E-state index contributed by atoms with van der Waals surface area (Å²) in [6.45, 7) is 4.30. The summed E-state index contributed by atoms with van der Waals surface area (Å²) in [4.78, 5) is 13.4. The van der Waals surface area contributed by atoms with Crippen molar-refractivity contribution in [3.8, 4) is 22.9 Å². The minimum atomic E-state index is -3.18. The van der Waals surface area contributed by atoms with Crippen LogP contribution >= 0.6 is 0 Å². The molecule has 1 aromatic carbocycles. The SMILES string of the molecule is CC1(C)[C@H]2CC[C@@]1(c1ccnc(-c3noc(CCS(C)(=O)=O)n3)n1)c1nnc(-c3c(F)cccc3F)cc12. The molecular formula is C26H24F2N6O3S.